The molecule has 0 N–H and O–H groups in total. The summed E-state index contributed by atoms with van der Waals surface area (Å²) >= 11 is 0. The maximum atomic E-state index is 0. The Kier molecular flexibility index (Phi) is 450. The first kappa shape index (κ1) is 65.2. The van der Waals surface area contributed by atoms with E-state index < -0.39 is 0 Å². The molecular formula is Al4Ti3. The van der Waals surface area contributed by atoms with Gasteiger partial charge in [0.1, 0.15) is 0 Å². The first-order valence-corrected chi connectivity index (χ1v) is 0. The van der Waals surface area contributed by atoms with Gasteiger partial charge in [0, 0.05) is 0 Å². The molecule has 0 aliphatic carbocycles. The second-order valence-electron chi connectivity index (χ2n) is 0. The molecule has 0 spiro atoms. The second kappa shape index (κ2) is 48.4. The van der Waals surface area contributed by atoms with Gasteiger partial charge in [-0.2, -0.15) is 0 Å². The molecule has 0 aliphatic heterocycles. The van der Waals surface area contributed by atoms with Gasteiger partial charge in [-0.25, -0.2) is 0 Å². The Bertz CT molecular complexity index is 6.90. The summed E-state index contributed by atoms with van der Waals surface area (Å²) in [6.45, 7) is 0. The van der Waals surface area contributed by atoms with Crippen molar-refractivity contribution < 1.29 is 65.2 Å². The van der Waals surface area contributed by atoms with Crippen molar-refractivity contribution in [1.29, 1.82) is 0 Å². The average molecular weight is 252 g/mol. The van der Waals surface area contributed by atoms with Crippen LogP contribution in [0.4, 0.5) is 0 Å². The zero-order chi connectivity index (χ0) is 0. The molecule has 0 amide bonds. The van der Waals surface area contributed by atoms with E-state index in [1.807, 2.05) is 0 Å². The molecule has 7 heavy (non-hydrogen) atoms. The van der Waals surface area contributed by atoms with Crippen molar-refractivity contribution in [3.8, 4) is 0 Å². The van der Waals surface area contributed by atoms with Gasteiger partial charge in [0.25, 0.3) is 0 Å². The number of hydrogen-bond donors (Lipinski definition) is 0. The Morgan fingerprint density at radius 1 is 0.286 bits per heavy atom. The molecule has 0 saturated carbocycles. The zero-order valence-corrected chi connectivity index (χ0v) is 13.1. The molecule has 0 aromatic rings. The van der Waals surface area contributed by atoms with Crippen LogP contribution in [-0.4, -0.2) is 69.4 Å². The maximum Gasteiger partial charge on any atom is 4.00 e. The van der Waals surface area contributed by atoms with Crippen LogP contribution in [0.1, 0.15) is 0 Å². The summed E-state index contributed by atoms with van der Waals surface area (Å²) in [5.41, 5.74) is 0. The molecule has 0 aromatic carbocycles. The van der Waals surface area contributed by atoms with Gasteiger partial charge >= 0.3 is 65.2 Å². The molecule has 0 saturated heterocycles. The van der Waals surface area contributed by atoms with E-state index in [0.29, 0.717) is 0 Å². The van der Waals surface area contributed by atoms with Crippen LogP contribution in [-0.2, 0) is 65.2 Å². The Morgan fingerprint density at radius 3 is 0.286 bits per heavy atom. The minimum atomic E-state index is 0. The van der Waals surface area contributed by atoms with Gasteiger partial charge in [0.2, 0.25) is 0 Å². The predicted octanol–water partition coefficient (Wildman–Crippen LogP) is -1.53. The molecular weight excluding hydrogens is 252 g/mol. The summed E-state index contributed by atoms with van der Waals surface area (Å²) in [4.78, 5) is 0. The van der Waals surface area contributed by atoms with Crippen molar-refractivity contribution in [2.45, 2.75) is 0 Å². The molecule has 0 bridgehead atoms. The fourth-order valence-corrected chi connectivity index (χ4v) is 0. The molecule has 0 atom stereocenters. The van der Waals surface area contributed by atoms with E-state index in [0.717, 1.165) is 0 Å². The van der Waals surface area contributed by atoms with Crippen molar-refractivity contribution in [3.63, 3.8) is 0 Å². The van der Waals surface area contributed by atoms with Crippen LogP contribution in [0.5, 0.6) is 0 Å². The van der Waals surface area contributed by atoms with Gasteiger partial charge < -0.3 is 69.4 Å². The minimum Gasteiger partial charge on any atom is -3.00 e. The van der Waals surface area contributed by atoms with Gasteiger partial charge in [-0.15, -0.1) is 0 Å². The smallest absolute Gasteiger partial charge is 3.00 e. The van der Waals surface area contributed by atoms with E-state index in [4.69, 9.17) is 0 Å². The van der Waals surface area contributed by atoms with E-state index in [1.165, 1.54) is 0 Å². The third kappa shape index (κ3) is 38.5. The van der Waals surface area contributed by atoms with Gasteiger partial charge in [-0.1, -0.05) is 0 Å². The van der Waals surface area contributed by atoms with Crippen molar-refractivity contribution in [3.05, 3.63) is 0 Å². The average Bonchev–Trinajstić information content (AvgIpc) is 0. The summed E-state index contributed by atoms with van der Waals surface area (Å²) in [6.07, 6.45) is 0. The van der Waals surface area contributed by atoms with E-state index >= 15 is 0 Å². The molecule has 24 valence electrons. The predicted molar refractivity (Wildman–Crippen MR) is 23.0 cm³/mol. The molecule has 0 rings (SSSR count). The Morgan fingerprint density at radius 2 is 0.286 bits per heavy atom. The van der Waals surface area contributed by atoms with Crippen LogP contribution < -0.4 is 0 Å². The normalized spacial score (nSPS) is 0. The van der Waals surface area contributed by atoms with E-state index in [9.17, 15) is 0 Å². The zero-order valence-electron chi connectivity index (χ0n) is 3.81. The molecule has 8 radical (unpaired) electrons. The standard InChI is InChI=1S/4Al.3Ti/q4*-3;3*+4. The quantitative estimate of drug-likeness (QED) is 0.458. The van der Waals surface area contributed by atoms with Crippen LogP contribution in [0.25, 0.3) is 0 Å². The van der Waals surface area contributed by atoms with Crippen molar-refractivity contribution in [2.75, 3.05) is 0 Å². The Labute approximate surface area is 132 Å². The SMILES string of the molecule is [Al-3].[Al-3].[Al-3].[Al-3].[Ti+4].[Ti+4].[Ti+4]. The summed E-state index contributed by atoms with van der Waals surface area (Å²) in [7, 11) is 0. The number of hydrogen-bond acceptors (Lipinski definition) is 0. The molecule has 0 fully saturated rings. The maximum absolute atomic E-state index is 0. The third-order valence-electron chi connectivity index (χ3n) is 0. The summed E-state index contributed by atoms with van der Waals surface area (Å²) in [5, 5.41) is 0. The fourth-order valence-electron chi connectivity index (χ4n) is 0. The van der Waals surface area contributed by atoms with E-state index in [-0.39, 0.29) is 135 Å². The van der Waals surface area contributed by atoms with Gasteiger partial charge in [0.05, 0.1) is 0 Å². The first-order valence-electron chi connectivity index (χ1n) is 0. The first-order chi connectivity index (χ1) is 0. The number of rotatable bonds is 0. The van der Waals surface area contributed by atoms with Gasteiger partial charge in [0.15, 0.2) is 0 Å². The molecule has 0 unspecified atom stereocenters. The van der Waals surface area contributed by atoms with Crippen molar-refractivity contribution >= 4 is 69.4 Å². The van der Waals surface area contributed by atoms with Crippen LogP contribution >= 0.6 is 0 Å². The third-order valence-corrected chi connectivity index (χ3v) is 0. The summed E-state index contributed by atoms with van der Waals surface area (Å²) < 4.78 is 0. The van der Waals surface area contributed by atoms with Crippen molar-refractivity contribution in [2.24, 2.45) is 0 Å². The summed E-state index contributed by atoms with van der Waals surface area (Å²) in [6, 6.07) is 0. The Balaban J connectivity index is 0. The van der Waals surface area contributed by atoms with Gasteiger partial charge in [-0.3, -0.25) is 0 Å². The van der Waals surface area contributed by atoms with Crippen LogP contribution in [0.2, 0.25) is 0 Å². The fraction of sp³-hybridized carbons (Fsp3) is 0. The second-order valence-corrected chi connectivity index (χ2v) is 0. The van der Waals surface area contributed by atoms with Crippen LogP contribution in [0, 0.1) is 0 Å². The molecule has 7 heteroatoms. The minimum absolute atomic E-state index is 0. The van der Waals surface area contributed by atoms with E-state index in [1.54, 1.807) is 0 Å². The molecule has 0 aromatic heterocycles. The topological polar surface area (TPSA) is 0 Å². The van der Waals surface area contributed by atoms with Crippen LogP contribution in [0.15, 0.2) is 0 Å². The monoisotopic (exact) mass is 252 g/mol. The molecule has 0 aliphatic rings. The molecule has 0 heterocycles. The van der Waals surface area contributed by atoms with E-state index in [2.05, 4.69) is 0 Å². The van der Waals surface area contributed by atoms with Crippen molar-refractivity contribution in [1.82, 2.24) is 0 Å². The largest absolute Gasteiger partial charge is 4.00 e. The molecule has 0 nitrogen and oxygen atoms in total. The Hall–Kier alpha value is 4.27. The summed E-state index contributed by atoms with van der Waals surface area (Å²) in [5.74, 6) is 0. The van der Waals surface area contributed by atoms with Crippen LogP contribution in [0.3, 0.4) is 0 Å². The van der Waals surface area contributed by atoms with Gasteiger partial charge in [-0.05, 0) is 0 Å².